The molecule has 0 aromatic carbocycles. The van der Waals surface area contributed by atoms with Gasteiger partial charge in [0.05, 0.1) is 13.2 Å². The molecular formula is C16H25N3O2. The van der Waals surface area contributed by atoms with Crippen LogP contribution in [0.4, 0.5) is 5.95 Å². The Bertz CT molecular complexity index is 474. The predicted molar refractivity (Wildman–Crippen MR) is 81.5 cm³/mol. The van der Waals surface area contributed by atoms with E-state index in [9.17, 15) is 0 Å². The van der Waals surface area contributed by atoms with Gasteiger partial charge in [-0.2, -0.15) is 4.98 Å². The van der Waals surface area contributed by atoms with E-state index < -0.39 is 0 Å². The number of anilines is 1. The van der Waals surface area contributed by atoms with Crippen LogP contribution in [0.2, 0.25) is 0 Å². The second kappa shape index (κ2) is 6.18. The van der Waals surface area contributed by atoms with Crippen LogP contribution in [-0.4, -0.2) is 35.8 Å². The van der Waals surface area contributed by atoms with Crippen LogP contribution in [0, 0.1) is 5.41 Å². The third kappa shape index (κ3) is 2.71. The normalized spacial score (nSPS) is 27.1. The van der Waals surface area contributed by atoms with Gasteiger partial charge in [-0.1, -0.05) is 19.3 Å². The minimum absolute atomic E-state index is 0.278. The van der Waals surface area contributed by atoms with Gasteiger partial charge in [-0.05, 0) is 26.2 Å². The van der Waals surface area contributed by atoms with Crippen molar-refractivity contribution in [2.45, 2.75) is 57.6 Å². The minimum atomic E-state index is 0.278. The summed E-state index contributed by atoms with van der Waals surface area (Å²) in [6, 6.07) is 2.19. The van der Waals surface area contributed by atoms with Gasteiger partial charge in [-0.25, -0.2) is 4.98 Å². The highest BCUT2D eigenvalue weighted by Crippen LogP contribution is 2.54. The quantitative estimate of drug-likeness (QED) is 0.903. The Hall–Kier alpha value is -1.36. The molecule has 1 heterocycles. The summed E-state index contributed by atoms with van der Waals surface area (Å²) in [5, 5.41) is 3.52. The number of nitrogens with one attached hydrogen (secondary N) is 1. The fourth-order valence-corrected chi connectivity index (χ4v) is 3.95. The highest BCUT2D eigenvalue weighted by Gasteiger charge is 2.55. The van der Waals surface area contributed by atoms with Crippen molar-refractivity contribution in [2.75, 3.05) is 19.0 Å². The average Bonchev–Trinajstić information content (AvgIpc) is 2.55. The molecule has 1 aromatic heterocycles. The van der Waals surface area contributed by atoms with Crippen LogP contribution in [0.15, 0.2) is 12.3 Å². The van der Waals surface area contributed by atoms with Crippen LogP contribution < -0.4 is 10.1 Å². The molecule has 5 heteroatoms. The van der Waals surface area contributed by atoms with E-state index in [4.69, 9.17) is 9.47 Å². The molecule has 0 aliphatic heterocycles. The molecule has 1 N–H and O–H groups in total. The lowest BCUT2D eigenvalue weighted by Gasteiger charge is -2.57. The van der Waals surface area contributed by atoms with Crippen LogP contribution >= 0.6 is 0 Å². The lowest BCUT2D eigenvalue weighted by atomic mass is 9.55. The summed E-state index contributed by atoms with van der Waals surface area (Å²) < 4.78 is 11.1. The SMILES string of the molecule is CCOC1CC(Nc2nccc(OC)n2)C12CCCCC2. The first-order valence-electron chi connectivity index (χ1n) is 8.03. The van der Waals surface area contributed by atoms with Gasteiger partial charge in [0, 0.05) is 30.3 Å². The van der Waals surface area contributed by atoms with E-state index in [2.05, 4.69) is 22.2 Å². The summed E-state index contributed by atoms with van der Waals surface area (Å²) >= 11 is 0. The number of ether oxygens (including phenoxy) is 2. The number of methoxy groups -OCH3 is 1. The summed E-state index contributed by atoms with van der Waals surface area (Å²) in [5.74, 6) is 1.27. The number of rotatable bonds is 5. The average molecular weight is 291 g/mol. The zero-order valence-electron chi connectivity index (χ0n) is 13.0. The molecule has 116 valence electrons. The molecule has 2 aliphatic rings. The Morgan fingerprint density at radius 3 is 2.86 bits per heavy atom. The molecule has 2 aliphatic carbocycles. The molecule has 2 saturated carbocycles. The number of aromatic nitrogens is 2. The van der Waals surface area contributed by atoms with Gasteiger partial charge in [-0.3, -0.25) is 0 Å². The molecule has 3 rings (SSSR count). The maximum absolute atomic E-state index is 5.98. The van der Waals surface area contributed by atoms with Crippen molar-refractivity contribution in [3.8, 4) is 5.88 Å². The molecule has 2 atom stereocenters. The molecule has 5 nitrogen and oxygen atoms in total. The molecule has 0 amide bonds. The van der Waals surface area contributed by atoms with E-state index in [-0.39, 0.29) is 5.41 Å². The number of nitrogens with zero attached hydrogens (tertiary/aromatic N) is 2. The Balaban J connectivity index is 1.72. The zero-order chi connectivity index (χ0) is 14.7. The van der Waals surface area contributed by atoms with Gasteiger partial charge in [0.15, 0.2) is 0 Å². The molecular weight excluding hydrogens is 266 g/mol. The molecule has 0 bridgehead atoms. The van der Waals surface area contributed by atoms with Crippen molar-refractivity contribution < 1.29 is 9.47 Å². The molecule has 2 unspecified atom stereocenters. The van der Waals surface area contributed by atoms with E-state index in [0.29, 0.717) is 24.0 Å². The summed E-state index contributed by atoms with van der Waals surface area (Å²) in [6.07, 6.45) is 9.64. The van der Waals surface area contributed by atoms with Gasteiger partial charge in [0.1, 0.15) is 0 Å². The summed E-state index contributed by atoms with van der Waals surface area (Å²) in [5.41, 5.74) is 0.278. The second-order valence-electron chi connectivity index (χ2n) is 6.09. The monoisotopic (exact) mass is 291 g/mol. The van der Waals surface area contributed by atoms with Gasteiger partial charge in [0.25, 0.3) is 0 Å². The topological polar surface area (TPSA) is 56.3 Å². The maximum Gasteiger partial charge on any atom is 0.226 e. The molecule has 0 radical (unpaired) electrons. The van der Waals surface area contributed by atoms with Crippen LogP contribution in [0.25, 0.3) is 0 Å². The third-order valence-corrected chi connectivity index (χ3v) is 5.08. The smallest absolute Gasteiger partial charge is 0.226 e. The van der Waals surface area contributed by atoms with Crippen LogP contribution in [0.1, 0.15) is 45.4 Å². The fraction of sp³-hybridized carbons (Fsp3) is 0.750. The summed E-state index contributed by atoms with van der Waals surface area (Å²) in [7, 11) is 1.63. The predicted octanol–water partition coefficient (Wildman–Crippen LogP) is 3.03. The molecule has 2 fully saturated rings. The van der Waals surface area contributed by atoms with E-state index in [1.54, 1.807) is 19.4 Å². The van der Waals surface area contributed by atoms with Crippen molar-refractivity contribution >= 4 is 5.95 Å². The largest absolute Gasteiger partial charge is 0.481 e. The Labute approximate surface area is 126 Å². The first-order chi connectivity index (χ1) is 10.3. The Morgan fingerprint density at radius 2 is 2.14 bits per heavy atom. The van der Waals surface area contributed by atoms with Gasteiger partial charge in [0.2, 0.25) is 11.8 Å². The van der Waals surface area contributed by atoms with Crippen molar-refractivity contribution in [3.05, 3.63) is 12.3 Å². The first-order valence-corrected chi connectivity index (χ1v) is 8.03. The highest BCUT2D eigenvalue weighted by atomic mass is 16.5. The number of hydrogen-bond donors (Lipinski definition) is 1. The van der Waals surface area contributed by atoms with Crippen molar-refractivity contribution in [1.29, 1.82) is 0 Å². The van der Waals surface area contributed by atoms with E-state index in [1.165, 1.54) is 32.1 Å². The first kappa shape index (κ1) is 14.6. The lowest BCUT2D eigenvalue weighted by Crippen LogP contribution is -2.62. The number of hydrogen-bond acceptors (Lipinski definition) is 5. The molecule has 1 aromatic rings. The van der Waals surface area contributed by atoms with Crippen molar-refractivity contribution in [3.63, 3.8) is 0 Å². The van der Waals surface area contributed by atoms with E-state index in [0.717, 1.165) is 13.0 Å². The zero-order valence-corrected chi connectivity index (χ0v) is 13.0. The Kier molecular flexibility index (Phi) is 4.29. The fourth-order valence-electron chi connectivity index (χ4n) is 3.95. The third-order valence-electron chi connectivity index (χ3n) is 5.08. The minimum Gasteiger partial charge on any atom is -0.481 e. The van der Waals surface area contributed by atoms with Crippen molar-refractivity contribution in [1.82, 2.24) is 9.97 Å². The lowest BCUT2D eigenvalue weighted by molar-refractivity contribution is -0.134. The Morgan fingerprint density at radius 1 is 1.33 bits per heavy atom. The van der Waals surface area contributed by atoms with E-state index >= 15 is 0 Å². The molecule has 21 heavy (non-hydrogen) atoms. The van der Waals surface area contributed by atoms with Gasteiger partial charge in [-0.15, -0.1) is 0 Å². The maximum atomic E-state index is 5.98. The van der Waals surface area contributed by atoms with Crippen LogP contribution in [-0.2, 0) is 4.74 Å². The molecule has 1 spiro atoms. The van der Waals surface area contributed by atoms with Crippen LogP contribution in [0.3, 0.4) is 0 Å². The van der Waals surface area contributed by atoms with Crippen LogP contribution in [0.5, 0.6) is 5.88 Å². The van der Waals surface area contributed by atoms with Crippen molar-refractivity contribution in [2.24, 2.45) is 5.41 Å². The standard InChI is InChI=1S/C16H25N3O2/c1-3-21-13-11-12(16(13)8-5-4-6-9-16)18-15-17-10-7-14(19-15)20-2/h7,10,12-13H,3-6,8-9,11H2,1-2H3,(H,17,18,19). The highest BCUT2D eigenvalue weighted by molar-refractivity contribution is 5.32. The molecule has 0 saturated heterocycles. The second-order valence-corrected chi connectivity index (χ2v) is 6.09. The summed E-state index contributed by atoms with van der Waals surface area (Å²) in [4.78, 5) is 8.69. The van der Waals surface area contributed by atoms with E-state index in [1.807, 2.05) is 0 Å². The van der Waals surface area contributed by atoms with Gasteiger partial charge < -0.3 is 14.8 Å². The van der Waals surface area contributed by atoms with Gasteiger partial charge >= 0.3 is 0 Å². The summed E-state index contributed by atoms with van der Waals surface area (Å²) in [6.45, 7) is 2.89.